The van der Waals surface area contributed by atoms with Gasteiger partial charge in [-0.05, 0) is 85.8 Å². The van der Waals surface area contributed by atoms with Crippen LogP contribution in [0.2, 0.25) is 5.02 Å². The molecule has 2 saturated heterocycles. The fourth-order valence-corrected chi connectivity index (χ4v) is 9.15. The molecule has 12 nitrogen and oxygen atoms in total. The van der Waals surface area contributed by atoms with Crippen LogP contribution in [0.3, 0.4) is 0 Å². The van der Waals surface area contributed by atoms with E-state index in [1.165, 1.54) is 48.5 Å². The van der Waals surface area contributed by atoms with E-state index in [4.69, 9.17) is 16.3 Å². The van der Waals surface area contributed by atoms with Crippen LogP contribution in [-0.4, -0.2) is 45.3 Å². The Hall–Kier alpha value is -6.08. The van der Waals surface area contributed by atoms with Crippen molar-refractivity contribution >= 4 is 52.3 Å². The van der Waals surface area contributed by atoms with Crippen LogP contribution in [0.5, 0.6) is 11.5 Å². The Morgan fingerprint density at radius 1 is 0.944 bits per heavy atom. The standard InChI is InChI=1S/C40H32ClFN4O8/c1-2-54-32-5-3-4-29(35(32)47)34-27-18-19-28-33(38(50)44(36(28)48)25-14-16-26(17-15-25)46(52)53)30(27)20-31-37(49)45(43-24-12-10-23(42)11-13-24)39(51)40(31,34)21-6-8-22(41)9-7-21/h3-18,28,30-31,33-34,43,47H,2,19-20H2,1H3/t28-,30+,31-,33-,34+,40+/m0/s1. The maximum Gasteiger partial charge on any atom is 0.269 e. The zero-order valence-corrected chi connectivity index (χ0v) is 29.4. The van der Waals surface area contributed by atoms with Gasteiger partial charge in [-0.15, -0.1) is 0 Å². The largest absolute Gasteiger partial charge is 0.504 e. The first kappa shape index (κ1) is 35.0. The summed E-state index contributed by atoms with van der Waals surface area (Å²) in [6.45, 7) is 1.99. The number of benzene rings is 4. The number of phenolic OH excluding ortho intramolecular Hbond substituents is 1. The third kappa shape index (κ3) is 5.17. The molecule has 4 amide bonds. The normalized spacial score (nSPS) is 25.9. The molecule has 0 radical (unpaired) electrons. The summed E-state index contributed by atoms with van der Waals surface area (Å²) in [6.07, 6.45) is 1.95. The molecular weight excluding hydrogens is 719 g/mol. The van der Waals surface area contributed by atoms with Gasteiger partial charge in [-0.2, -0.15) is 5.01 Å². The lowest BCUT2D eigenvalue weighted by Crippen LogP contribution is -2.53. The summed E-state index contributed by atoms with van der Waals surface area (Å²) in [6, 6.07) is 21.8. The maximum atomic E-state index is 15.3. The van der Waals surface area contributed by atoms with E-state index in [-0.39, 0.29) is 53.6 Å². The van der Waals surface area contributed by atoms with Crippen molar-refractivity contribution in [3.63, 3.8) is 0 Å². The number of imide groups is 2. The molecular formula is C40H32ClFN4O8. The highest BCUT2D eigenvalue weighted by molar-refractivity contribution is 6.30. The number of aromatic hydroxyl groups is 1. The van der Waals surface area contributed by atoms with Gasteiger partial charge in [0.25, 0.3) is 17.5 Å². The molecule has 4 aromatic carbocycles. The number of ether oxygens (including phenoxy) is 1. The Balaban J connectivity index is 1.32. The van der Waals surface area contributed by atoms with Crippen LogP contribution in [0.25, 0.3) is 0 Å². The first-order chi connectivity index (χ1) is 26.0. The summed E-state index contributed by atoms with van der Waals surface area (Å²) in [5.74, 6) is -7.54. The minimum Gasteiger partial charge on any atom is -0.504 e. The Morgan fingerprint density at radius 3 is 2.31 bits per heavy atom. The molecule has 2 aliphatic heterocycles. The molecule has 0 aromatic heterocycles. The van der Waals surface area contributed by atoms with Crippen molar-refractivity contribution in [3.05, 3.63) is 135 Å². The predicted octanol–water partition coefficient (Wildman–Crippen LogP) is 6.68. The van der Waals surface area contributed by atoms with Crippen LogP contribution in [0.1, 0.15) is 36.8 Å². The fourth-order valence-electron chi connectivity index (χ4n) is 9.02. The number of phenols is 1. The van der Waals surface area contributed by atoms with E-state index in [1.54, 1.807) is 49.4 Å². The number of amides is 4. The molecule has 4 aromatic rings. The lowest BCUT2D eigenvalue weighted by atomic mass is 9.49. The lowest BCUT2D eigenvalue weighted by Gasteiger charge is -2.50. The number of non-ortho nitro benzene ring substituents is 1. The number of halogens is 2. The molecule has 1 saturated carbocycles. The minimum atomic E-state index is -1.70. The summed E-state index contributed by atoms with van der Waals surface area (Å²) < 4.78 is 19.7. The van der Waals surface area contributed by atoms with Crippen molar-refractivity contribution in [2.75, 3.05) is 16.9 Å². The van der Waals surface area contributed by atoms with Gasteiger partial charge in [0.2, 0.25) is 11.8 Å². The zero-order valence-electron chi connectivity index (χ0n) is 28.6. The van der Waals surface area contributed by atoms with E-state index < -0.39 is 69.4 Å². The molecule has 2 aliphatic carbocycles. The lowest BCUT2D eigenvalue weighted by molar-refractivity contribution is -0.384. The number of nitrogens with one attached hydrogen (secondary N) is 1. The van der Waals surface area contributed by atoms with E-state index in [0.29, 0.717) is 16.2 Å². The predicted molar refractivity (Wildman–Crippen MR) is 194 cm³/mol. The number of rotatable bonds is 8. The molecule has 274 valence electrons. The number of nitro groups is 1. The highest BCUT2D eigenvalue weighted by Gasteiger charge is 2.70. The molecule has 6 atom stereocenters. The second-order valence-corrected chi connectivity index (χ2v) is 14.2. The first-order valence-electron chi connectivity index (χ1n) is 17.4. The number of hydrogen-bond acceptors (Lipinski definition) is 9. The quantitative estimate of drug-likeness (QED) is 0.0867. The summed E-state index contributed by atoms with van der Waals surface area (Å²) in [4.78, 5) is 70.4. The molecule has 3 fully saturated rings. The highest BCUT2D eigenvalue weighted by atomic mass is 35.5. The van der Waals surface area contributed by atoms with Crippen molar-refractivity contribution in [2.24, 2.45) is 23.7 Å². The molecule has 0 unspecified atom stereocenters. The van der Waals surface area contributed by atoms with Crippen LogP contribution in [0, 0.1) is 39.6 Å². The van der Waals surface area contributed by atoms with Crippen molar-refractivity contribution in [1.82, 2.24) is 5.01 Å². The Labute approximate surface area is 312 Å². The van der Waals surface area contributed by atoms with Gasteiger partial charge < -0.3 is 9.84 Å². The topological polar surface area (TPSA) is 159 Å². The molecule has 4 aliphatic rings. The molecule has 2 N–H and O–H groups in total. The second kappa shape index (κ2) is 13.1. The van der Waals surface area contributed by atoms with E-state index >= 15 is 4.79 Å². The molecule has 8 rings (SSSR count). The summed E-state index contributed by atoms with van der Waals surface area (Å²) in [5.41, 5.74) is 2.76. The van der Waals surface area contributed by atoms with Gasteiger partial charge in [-0.3, -0.25) is 39.6 Å². The Bertz CT molecular complexity index is 2260. The number of para-hydroxylation sites is 1. The zero-order chi connectivity index (χ0) is 38.1. The van der Waals surface area contributed by atoms with E-state index in [9.17, 15) is 34.0 Å². The van der Waals surface area contributed by atoms with Crippen LogP contribution < -0.4 is 15.1 Å². The molecule has 0 spiro atoms. The van der Waals surface area contributed by atoms with Gasteiger partial charge in [-0.1, -0.05) is 47.5 Å². The molecule has 14 heteroatoms. The number of fused-ring (bicyclic) bond motifs is 4. The van der Waals surface area contributed by atoms with Gasteiger partial charge >= 0.3 is 0 Å². The Morgan fingerprint density at radius 2 is 1.65 bits per heavy atom. The number of allylic oxidation sites excluding steroid dienone is 2. The third-order valence-corrected chi connectivity index (χ3v) is 11.5. The van der Waals surface area contributed by atoms with Gasteiger partial charge in [-0.25, -0.2) is 4.39 Å². The SMILES string of the molecule is CCOc1cccc([C@H]2C3=CC[C@@H]4C(=O)N(c5ccc([N+](=O)[O-])cc5)C(=O)[C@@H]4[C@@H]3C[C@H]3C(=O)N(Nc4ccc(F)cc4)C(=O)[C@@]23c2ccc(Cl)cc2)c1O. The maximum absolute atomic E-state index is 15.3. The number of carbonyl (C=O) groups is 4. The average molecular weight is 751 g/mol. The summed E-state index contributed by atoms with van der Waals surface area (Å²) in [5, 5.41) is 24.5. The number of anilines is 2. The van der Waals surface area contributed by atoms with E-state index in [1.807, 2.05) is 6.08 Å². The molecule has 2 heterocycles. The number of nitro benzene ring substituents is 1. The highest BCUT2D eigenvalue weighted by Crippen LogP contribution is 2.65. The van der Waals surface area contributed by atoms with Gasteiger partial charge in [0.1, 0.15) is 5.82 Å². The van der Waals surface area contributed by atoms with Crippen LogP contribution in [-0.2, 0) is 24.6 Å². The smallest absolute Gasteiger partial charge is 0.269 e. The number of hydrogen-bond donors (Lipinski definition) is 2. The van der Waals surface area contributed by atoms with Gasteiger partial charge in [0.15, 0.2) is 11.5 Å². The van der Waals surface area contributed by atoms with Crippen molar-refractivity contribution in [3.8, 4) is 11.5 Å². The Kier molecular flexibility index (Phi) is 8.48. The van der Waals surface area contributed by atoms with Gasteiger partial charge in [0.05, 0.1) is 46.1 Å². The van der Waals surface area contributed by atoms with Crippen molar-refractivity contribution in [2.45, 2.75) is 31.1 Å². The summed E-state index contributed by atoms with van der Waals surface area (Å²) >= 11 is 6.35. The van der Waals surface area contributed by atoms with Crippen molar-refractivity contribution in [1.29, 1.82) is 0 Å². The number of carbonyl (C=O) groups excluding carboxylic acids is 4. The second-order valence-electron chi connectivity index (χ2n) is 13.8. The van der Waals surface area contributed by atoms with Crippen LogP contribution in [0.4, 0.5) is 21.5 Å². The first-order valence-corrected chi connectivity index (χ1v) is 17.8. The summed E-state index contributed by atoms with van der Waals surface area (Å²) in [7, 11) is 0. The molecule has 54 heavy (non-hydrogen) atoms. The third-order valence-electron chi connectivity index (χ3n) is 11.2. The van der Waals surface area contributed by atoms with Crippen molar-refractivity contribution < 1.29 is 38.3 Å². The number of hydrazine groups is 1. The molecule has 0 bridgehead atoms. The van der Waals surface area contributed by atoms with Crippen LogP contribution in [0.15, 0.2) is 103 Å². The minimum absolute atomic E-state index is 0.0165. The van der Waals surface area contributed by atoms with Gasteiger partial charge in [0, 0.05) is 28.6 Å². The van der Waals surface area contributed by atoms with Crippen LogP contribution >= 0.6 is 11.6 Å². The fraction of sp³-hybridized carbons (Fsp3) is 0.250. The monoisotopic (exact) mass is 750 g/mol. The average Bonchev–Trinajstić information content (AvgIpc) is 3.54. The van der Waals surface area contributed by atoms with E-state index in [2.05, 4.69) is 5.43 Å². The number of nitrogens with zero attached hydrogens (tertiary/aromatic N) is 3. The van der Waals surface area contributed by atoms with E-state index in [0.717, 1.165) is 9.91 Å².